The van der Waals surface area contributed by atoms with Crippen LogP contribution in [-0.2, 0) is 4.79 Å². The number of nitrogens with two attached hydrogens (primary N) is 1. The number of thioether (sulfide) groups is 1. The molecule has 140 valence electrons. The van der Waals surface area contributed by atoms with Gasteiger partial charge in [-0.2, -0.15) is 0 Å². The fourth-order valence-corrected chi connectivity index (χ4v) is 3.68. The van der Waals surface area contributed by atoms with Crippen molar-refractivity contribution < 1.29 is 4.79 Å². The maximum absolute atomic E-state index is 12.5. The number of carbonyl (C=O) groups is 1. The van der Waals surface area contributed by atoms with Crippen molar-refractivity contribution in [2.24, 2.45) is 0 Å². The van der Waals surface area contributed by atoms with E-state index < -0.39 is 5.25 Å². The van der Waals surface area contributed by atoms with Gasteiger partial charge >= 0.3 is 0 Å². The molecule has 3 N–H and O–H groups in total. The molecule has 2 aromatic carbocycles. The first-order valence-electron chi connectivity index (χ1n) is 7.87. The average molecular weight is 442 g/mol. The van der Waals surface area contributed by atoms with Crippen LogP contribution in [0.1, 0.15) is 6.92 Å². The predicted molar refractivity (Wildman–Crippen MR) is 113 cm³/mol. The van der Waals surface area contributed by atoms with E-state index in [2.05, 4.69) is 10.3 Å². The smallest absolute Gasteiger partial charge is 0.237 e. The van der Waals surface area contributed by atoms with Gasteiger partial charge in [-0.15, -0.1) is 0 Å². The molecule has 27 heavy (non-hydrogen) atoms. The van der Waals surface area contributed by atoms with Gasteiger partial charge in [-0.3, -0.25) is 4.79 Å². The summed E-state index contributed by atoms with van der Waals surface area (Å²) in [7, 11) is 0. The van der Waals surface area contributed by atoms with E-state index >= 15 is 0 Å². The second-order valence-corrected chi connectivity index (χ2v) is 8.21. The lowest BCUT2D eigenvalue weighted by Gasteiger charge is -2.13. The first kappa shape index (κ1) is 19.9. The topological polar surface area (TPSA) is 72.9 Å². The summed E-state index contributed by atoms with van der Waals surface area (Å²) in [5.74, 6) is 5.73. The zero-order chi connectivity index (χ0) is 19.6. The summed E-state index contributed by atoms with van der Waals surface area (Å²) in [6, 6.07) is 12.7. The maximum atomic E-state index is 12.5. The van der Waals surface area contributed by atoms with E-state index in [0.29, 0.717) is 25.9 Å². The third kappa shape index (κ3) is 4.71. The molecule has 9 heteroatoms. The Labute approximate surface area is 175 Å². The van der Waals surface area contributed by atoms with Crippen LogP contribution in [-0.4, -0.2) is 20.8 Å². The van der Waals surface area contributed by atoms with Gasteiger partial charge in [0, 0.05) is 5.56 Å². The van der Waals surface area contributed by atoms with Crippen molar-refractivity contribution in [1.82, 2.24) is 9.66 Å². The summed E-state index contributed by atoms with van der Waals surface area (Å²) in [4.78, 5) is 17.0. The molecule has 1 heterocycles. The number of aromatic nitrogens is 2. The second kappa shape index (κ2) is 8.44. The summed E-state index contributed by atoms with van der Waals surface area (Å²) in [6.07, 6.45) is 1.72. The van der Waals surface area contributed by atoms with Crippen LogP contribution in [0.3, 0.4) is 0 Å². The minimum absolute atomic E-state index is 0.260. The van der Waals surface area contributed by atoms with Crippen molar-refractivity contribution in [3.63, 3.8) is 0 Å². The number of imidazole rings is 1. The molecule has 1 atom stereocenters. The van der Waals surface area contributed by atoms with Gasteiger partial charge in [0.2, 0.25) is 5.91 Å². The number of rotatable bonds is 5. The van der Waals surface area contributed by atoms with Crippen LogP contribution in [0.25, 0.3) is 11.3 Å². The van der Waals surface area contributed by atoms with E-state index in [9.17, 15) is 4.79 Å². The van der Waals surface area contributed by atoms with Crippen molar-refractivity contribution >= 4 is 58.2 Å². The highest BCUT2D eigenvalue weighted by molar-refractivity contribution is 8.00. The number of carbonyl (C=O) groups excluding carboxylic acids is 1. The lowest BCUT2D eigenvalue weighted by atomic mass is 10.2. The highest BCUT2D eigenvalue weighted by atomic mass is 35.5. The molecule has 0 fully saturated rings. The molecule has 5 nitrogen and oxygen atoms in total. The van der Waals surface area contributed by atoms with Crippen LogP contribution in [0.15, 0.2) is 53.8 Å². The molecule has 0 radical (unpaired) electrons. The van der Waals surface area contributed by atoms with Crippen molar-refractivity contribution in [2.75, 3.05) is 11.2 Å². The quantitative estimate of drug-likeness (QED) is 0.318. The van der Waals surface area contributed by atoms with E-state index in [1.54, 1.807) is 13.1 Å². The van der Waals surface area contributed by atoms with Gasteiger partial charge in [0.15, 0.2) is 5.16 Å². The van der Waals surface area contributed by atoms with E-state index in [-0.39, 0.29) is 5.91 Å². The third-order valence-electron chi connectivity index (χ3n) is 3.69. The zero-order valence-electron chi connectivity index (χ0n) is 14.1. The van der Waals surface area contributed by atoms with Crippen molar-refractivity contribution in [3.05, 3.63) is 63.7 Å². The Hall–Kier alpha value is -1.86. The predicted octanol–water partition coefficient (Wildman–Crippen LogP) is 5.34. The Morgan fingerprint density at radius 2 is 1.81 bits per heavy atom. The SMILES string of the molecule is CC(Sc1nc(-c2ccccc2)cn1N)C(=O)Nc1cc(Cl)c(Cl)cc1Cl. The molecule has 0 spiro atoms. The maximum Gasteiger partial charge on any atom is 0.237 e. The normalized spacial score (nSPS) is 12.0. The Balaban J connectivity index is 1.72. The summed E-state index contributed by atoms with van der Waals surface area (Å²) in [5, 5.41) is 3.73. The number of nitrogen functional groups attached to an aromatic ring is 1. The van der Waals surface area contributed by atoms with Crippen LogP contribution >= 0.6 is 46.6 Å². The summed E-state index contributed by atoms with van der Waals surface area (Å²) >= 11 is 19.2. The number of hydrogen-bond donors (Lipinski definition) is 2. The molecule has 0 bridgehead atoms. The van der Waals surface area contributed by atoms with Gasteiger partial charge in [0.05, 0.1) is 37.9 Å². The Bertz CT molecular complexity index is 978. The lowest BCUT2D eigenvalue weighted by Crippen LogP contribution is -2.23. The first-order chi connectivity index (χ1) is 12.8. The van der Waals surface area contributed by atoms with E-state index in [4.69, 9.17) is 40.6 Å². The molecule has 3 aromatic rings. The minimum Gasteiger partial charge on any atom is -0.337 e. The molecule has 1 unspecified atom stereocenters. The molecule has 3 rings (SSSR count). The number of nitrogens with zero attached hydrogens (tertiary/aromatic N) is 2. The average Bonchev–Trinajstić information content (AvgIpc) is 3.01. The minimum atomic E-state index is -0.469. The third-order valence-corrected chi connectivity index (χ3v) is 5.80. The van der Waals surface area contributed by atoms with E-state index in [1.807, 2.05) is 30.3 Å². The highest BCUT2D eigenvalue weighted by Crippen LogP contribution is 2.33. The van der Waals surface area contributed by atoms with Gasteiger partial charge in [0.1, 0.15) is 0 Å². The van der Waals surface area contributed by atoms with E-state index in [1.165, 1.54) is 28.6 Å². The molecule has 0 saturated carbocycles. The molecule has 0 aliphatic rings. The number of hydrogen-bond acceptors (Lipinski definition) is 4. The van der Waals surface area contributed by atoms with Crippen LogP contribution < -0.4 is 11.2 Å². The van der Waals surface area contributed by atoms with Gasteiger partial charge in [0.25, 0.3) is 0 Å². The van der Waals surface area contributed by atoms with Gasteiger partial charge in [-0.1, -0.05) is 76.9 Å². The summed E-state index contributed by atoms with van der Waals surface area (Å²) in [5.41, 5.74) is 2.08. The fraction of sp³-hybridized carbons (Fsp3) is 0.111. The fourth-order valence-electron chi connectivity index (χ4n) is 2.28. The van der Waals surface area contributed by atoms with Crippen molar-refractivity contribution in [2.45, 2.75) is 17.3 Å². The number of anilines is 1. The molecule has 1 amide bonds. The van der Waals surface area contributed by atoms with Crippen LogP contribution in [0.2, 0.25) is 15.1 Å². The molecule has 1 aromatic heterocycles. The number of amides is 1. The number of benzene rings is 2. The van der Waals surface area contributed by atoms with Crippen molar-refractivity contribution in [1.29, 1.82) is 0 Å². The van der Waals surface area contributed by atoms with Crippen LogP contribution in [0.5, 0.6) is 0 Å². The monoisotopic (exact) mass is 440 g/mol. The molecule has 0 aliphatic heterocycles. The Kier molecular flexibility index (Phi) is 6.22. The first-order valence-corrected chi connectivity index (χ1v) is 9.88. The zero-order valence-corrected chi connectivity index (χ0v) is 17.2. The summed E-state index contributed by atoms with van der Waals surface area (Å²) in [6.45, 7) is 1.75. The van der Waals surface area contributed by atoms with Gasteiger partial charge in [-0.25, -0.2) is 9.66 Å². The van der Waals surface area contributed by atoms with Crippen LogP contribution in [0.4, 0.5) is 5.69 Å². The lowest BCUT2D eigenvalue weighted by molar-refractivity contribution is -0.115. The molecule has 0 saturated heterocycles. The van der Waals surface area contributed by atoms with Crippen LogP contribution in [0, 0.1) is 0 Å². The highest BCUT2D eigenvalue weighted by Gasteiger charge is 2.20. The van der Waals surface area contributed by atoms with Gasteiger partial charge in [-0.05, 0) is 19.1 Å². The van der Waals surface area contributed by atoms with Crippen molar-refractivity contribution in [3.8, 4) is 11.3 Å². The largest absolute Gasteiger partial charge is 0.337 e. The molecule has 0 aliphatic carbocycles. The van der Waals surface area contributed by atoms with Gasteiger partial charge < -0.3 is 11.2 Å². The summed E-state index contributed by atoms with van der Waals surface area (Å²) < 4.78 is 1.41. The second-order valence-electron chi connectivity index (χ2n) is 5.68. The molecular formula is C18H15Cl3N4OS. The van der Waals surface area contributed by atoms with E-state index in [0.717, 1.165) is 11.3 Å². The molecular weight excluding hydrogens is 427 g/mol. The Morgan fingerprint density at radius 1 is 1.15 bits per heavy atom. The Morgan fingerprint density at radius 3 is 2.52 bits per heavy atom. The number of halogens is 3. The standard InChI is InChI=1S/C18H15Cl3N4OS/c1-10(17(26)23-15-8-13(20)12(19)7-14(15)21)27-18-24-16(9-25(18)22)11-5-3-2-4-6-11/h2-10H,22H2,1H3,(H,23,26). The number of nitrogens with one attached hydrogen (secondary N) is 1.